The molecule has 0 unspecified atom stereocenters. The minimum Gasteiger partial charge on any atom is -0.457 e. The average Bonchev–Trinajstić information content (AvgIpc) is 2.80. The molecule has 0 aliphatic carbocycles. The SMILES string of the molecule is B/C(C)=C/[C@H](O)Cc1nc(CCC2=CC(=O)OC(C)(C)O2)cs1. The minimum atomic E-state index is -0.914. The van der Waals surface area contributed by atoms with Crippen LogP contribution >= 0.6 is 11.3 Å². The molecule has 5 nitrogen and oxygen atoms in total. The Hall–Kier alpha value is -1.60. The number of aliphatic hydroxyl groups is 1. The number of esters is 1. The highest BCUT2D eigenvalue weighted by Crippen LogP contribution is 2.25. The first-order valence-corrected chi connectivity index (χ1v) is 8.50. The van der Waals surface area contributed by atoms with Crippen molar-refractivity contribution in [2.45, 2.75) is 51.9 Å². The highest BCUT2D eigenvalue weighted by atomic mass is 32.1. The number of ether oxygens (including phenoxy) is 2. The van der Waals surface area contributed by atoms with Crippen LogP contribution < -0.4 is 0 Å². The first kappa shape index (κ1) is 17.8. The number of nitrogens with zero attached hydrogens (tertiary/aromatic N) is 1. The van der Waals surface area contributed by atoms with Gasteiger partial charge in [-0.3, -0.25) is 0 Å². The summed E-state index contributed by atoms with van der Waals surface area (Å²) in [5.74, 6) is -0.673. The van der Waals surface area contributed by atoms with Crippen LogP contribution in [-0.2, 0) is 27.1 Å². The van der Waals surface area contributed by atoms with Crippen molar-refractivity contribution in [1.82, 2.24) is 4.98 Å². The highest BCUT2D eigenvalue weighted by molar-refractivity contribution is 7.09. The lowest BCUT2D eigenvalue weighted by Gasteiger charge is -2.30. The first-order valence-electron chi connectivity index (χ1n) is 7.62. The Bertz CT molecular complexity index is 632. The third-order valence-electron chi connectivity index (χ3n) is 3.14. The largest absolute Gasteiger partial charge is 0.457 e. The van der Waals surface area contributed by atoms with E-state index in [0.717, 1.165) is 16.2 Å². The number of allylic oxidation sites excluding steroid dienone is 2. The lowest BCUT2D eigenvalue weighted by molar-refractivity contribution is -0.205. The Morgan fingerprint density at radius 1 is 1.48 bits per heavy atom. The van der Waals surface area contributed by atoms with Crippen LogP contribution in [0, 0.1) is 0 Å². The zero-order chi connectivity index (χ0) is 17.0. The fourth-order valence-corrected chi connectivity index (χ4v) is 3.20. The highest BCUT2D eigenvalue weighted by Gasteiger charge is 2.29. The van der Waals surface area contributed by atoms with Crippen LogP contribution in [0.1, 0.15) is 37.9 Å². The van der Waals surface area contributed by atoms with Gasteiger partial charge in [0.1, 0.15) is 13.6 Å². The molecule has 0 saturated carbocycles. The summed E-state index contributed by atoms with van der Waals surface area (Å²) in [6.45, 7) is 5.38. The van der Waals surface area contributed by atoms with Crippen molar-refractivity contribution in [2.24, 2.45) is 0 Å². The van der Waals surface area contributed by atoms with Gasteiger partial charge in [0.25, 0.3) is 0 Å². The number of rotatable bonds is 6. The van der Waals surface area contributed by atoms with Gasteiger partial charge in [-0.2, -0.15) is 0 Å². The maximum Gasteiger partial charge on any atom is 0.337 e. The monoisotopic (exact) mass is 335 g/mol. The van der Waals surface area contributed by atoms with E-state index in [1.807, 2.05) is 26.2 Å². The predicted molar refractivity (Wildman–Crippen MR) is 91.8 cm³/mol. The van der Waals surface area contributed by atoms with Crippen molar-refractivity contribution in [3.8, 4) is 0 Å². The molecule has 1 aromatic heterocycles. The summed E-state index contributed by atoms with van der Waals surface area (Å²) in [6.07, 6.45) is 4.52. The fraction of sp³-hybridized carbons (Fsp3) is 0.500. The van der Waals surface area contributed by atoms with E-state index >= 15 is 0 Å². The quantitative estimate of drug-likeness (QED) is 0.633. The van der Waals surface area contributed by atoms with Crippen LogP contribution in [0.15, 0.2) is 28.8 Å². The van der Waals surface area contributed by atoms with Crippen LogP contribution in [0.4, 0.5) is 0 Å². The van der Waals surface area contributed by atoms with E-state index in [2.05, 4.69) is 4.98 Å². The second-order valence-electron chi connectivity index (χ2n) is 6.28. The number of hydrogen-bond donors (Lipinski definition) is 1. The van der Waals surface area contributed by atoms with Gasteiger partial charge in [-0.15, -0.1) is 16.8 Å². The van der Waals surface area contributed by atoms with Gasteiger partial charge >= 0.3 is 5.97 Å². The molecule has 1 N–H and O–H groups in total. The van der Waals surface area contributed by atoms with E-state index in [4.69, 9.17) is 9.47 Å². The van der Waals surface area contributed by atoms with E-state index in [9.17, 15) is 9.90 Å². The molecular formula is C16H22BNO4S. The van der Waals surface area contributed by atoms with Gasteiger partial charge in [-0.25, -0.2) is 9.78 Å². The van der Waals surface area contributed by atoms with Gasteiger partial charge in [0.15, 0.2) is 0 Å². The maximum atomic E-state index is 11.5. The number of carbonyl (C=O) groups is 1. The number of aliphatic hydroxyl groups excluding tert-OH is 1. The summed E-state index contributed by atoms with van der Waals surface area (Å²) in [6, 6.07) is 0. The van der Waals surface area contributed by atoms with Crippen LogP contribution in [0.2, 0.25) is 0 Å². The van der Waals surface area contributed by atoms with Crippen LogP contribution in [0.5, 0.6) is 0 Å². The lowest BCUT2D eigenvalue weighted by atomic mass is 9.96. The third-order valence-corrected chi connectivity index (χ3v) is 4.06. The molecule has 2 heterocycles. The molecule has 1 aliphatic rings. The Morgan fingerprint density at radius 3 is 2.87 bits per heavy atom. The molecule has 23 heavy (non-hydrogen) atoms. The zero-order valence-electron chi connectivity index (χ0n) is 14.0. The Labute approximate surface area is 141 Å². The lowest BCUT2D eigenvalue weighted by Crippen LogP contribution is -2.34. The molecule has 2 rings (SSSR count). The molecule has 0 amide bonds. The Morgan fingerprint density at radius 2 is 2.22 bits per heavy atom. The number of aryl methyl sites for hydroxylation is 1. The molecule has 1 aliphatic heterocycles. The smallest absolute Gasteiger partial charge is 0.337 e. The minimum absolute atomic E-state index is 0.375. The molecule has 0 bridgehead atoms. The fourth-order valence-electron chi connectivity index (χ4n) is 2.32. The molecule has 0 aromatic carbocycles. The number of hydrogen-bond acceptors (Lipinski definition) is 6. The number of cyclic esters (lactones) is 1. The van der Waals surface area contributed by atoms with Crippen molar-refractivity contribution in [3.63, 3.8) is 0 Å². The van der Waals surface area contributed by atoms with E-state index in [1.165, 1.54) is 17.4 Å². The van der Waals surface area contributed by atoms with Crippen molar-refractivity contribution >= 4 is 25.2 Å². The molecular weight excluding hydrogens is 313 g/mol. The van der Waals surface area contributed by atoms with Gasteiger partial charge in [-0.05, 0) is 6.42 Å². The van der Waals surface area contributed by atoms with Crippen molar-refractivity contribution in [2.75, 3.05) is 0 Å². The normalized spacial score (nSPS) is 18.9. The summed E-state index contributed by atoms with van der Waals surface area (Å²) in [5, 5.41) is 12.8. The van der Waals surface area contributed by atoms with Crippen molar-refractivity contribution < 1.29 is 19.4 Å². The predicted octanol–water partition coefficient (Wildman–Crippen LogP) is 1.71. The van der Waals surface area contributed by atoms with Crippen LogP contribution in [0.3, 0.4) is 0 Å². The van der Waals surface area contributed by atoms with Gasteiger partial charge in [0, 0.05) is 32.1 Å². The van der Waals surface area contributed by atoms with Gasteiger partial charge in [-0.1, -0.05) is 13.0 Å². The van der Waals surface area contributed by atoms with E-state index in [0.29, 0.717) is 25.0 Å². The number of aromatic nitrogens is 1. The van der Waals surface area contributed by atoms with E-state index in [-0.39, 0.29) is 5.97 Å². The number of carbonyl (C=O) groups excluding carboxylic acids is 1. The first-order chi connectivity index (χ1) is 10.7. The summed E-state index contributed by atoms with van der Waals surface area (Å²) in [4.78, 5) is 16.0. The molecule has 1 aromatic rings. The molecule has 124 valence electrons. The molecule has 7 heteroatoms. The standard InChI is InChI=1S/C16H22BNO4S/c1-10(17)6-12(19)7-14-18-11(9-23-14)4-5-13-8-15(20)22-16(2,3)21-13/h6,8-9,12,19H,4-5,7,17H2,1-3H3/b10-6+/t12-/m0/s1. The van der Waals surface area contributed by atoms with E-state index < -0.39 is 11.9 Å². The van der Waals surface area contributed by atoms with Crippen LogP contribution in [-0.4, -0.2) is 35.8 Å². The van der Waals surface area contributed by atoms with Gasteiger partial charge < -0.3 is 14.6 Å². The van der Waals surface area contributed by atoms with Gasteiger partial charge in [0.05, 0.1) is 22.9 Å². The average molecular weight is 335 g/mol. The molecule has 0 saturated heterocycles. The van der Waals surface area contributed by atoms with Crippen molar-refractivity contribution in [3.05, 3.63) is 39.5 Å². The Kier molecular flexibility index (Phi) is 5.65. The summed E-state index contributed by atoms with van der Waals surface area (Å²) in [7, 11) is 1.96. The molecule has 1 atom stereocenters. The maximum absolute atomic E-state index is 11.5. The summed E-state index contributed by atoms with van der Waals surface area (Å²) >= 11 is 1.54. The topological polar surface area (TPSA) is 68.7 Å². The van der Waals surface area contributed by atoms with Gasteiger partial charge in [0.2, 0.25) is 5.79 Å². The molecule has 0 spiro atoms. The van der Waals surface area contributed by atoms with Crippen molar-refractivity contribution in [1.29, 1.82) is 0 Å². The second-order valence-corrected chi connectivity index (χ2v) is 7.22. The van der Waals surface area contributed by atoms with Crippen LogP contribution in [0.25, 0.3) is 0 Å². The third kappa shape index (κ3) is 5.84. The molecule has 0 radical (unpaired) electrons. The summed E-state index contributed by atoms with van der Waals surface area (Å²) in [5.41, 5.74) is 2.03. The second kappa shape index (κ2) is 7.32. The van der Waals surface area contributed by atoms with E-state index in [1.54, 1.807) is 13.8 Å². The number of thiazole rings is 1. The Balaban J connectivity index is 1.90. The molecule has 0 fully saturated rings. The summed E-state index contributed by atoms with van der Waals surface area (Å²) < 4.78 is 10.7. The zero-order valence-corrected chi connectivity index (χ0v) is 14.8.